The molecule has 112 valence electrons. The summed E-state index contributed by atoms with van der Waals surface area (Å²) < 4.78 is 0. The molecule has 3 rings (SSSR count). The zero-order chi connectivity index (χ0) is 14.7. The average Bonchev–Trinajstić information content (AvgIpc) is 3.01. The van der Waals surface area contributed by atoms with Crippen molar-refractivity contribution in [2.45, 2.75) is 31.7 Å². The molecule has 5 heteroatoms. The Balaban J connectivity index is 1.57. The van der Waals surface area contributed by atoms with Crippen LogP contribution < -0.4 is 10.2 Å². The number of rotatable bonds is 2. The van der Waals surface area contributed by atoms with Crippen molar-refractivity contribution in [2.24, 2.45) is 0 Å². The molecule has 1 N–H and O–H groups in total. The number of anilines is 1. The lowest BCUT2D eigenvalue weighted by Crippen LogP contribution is -2.55. The molecule has 2 fully saturated rings. The SMILES string of the molecule is O=C(NC1CCCC1)N1CCN(c2ccccc2)C(=O)C1. The predicted octanol–water partition coefficient (Wildman–Crippen LogP) is 1.99. The van der Waals surface area contributed by atoms with Gasteiger partial charge in [-0.2, -0.15) is 0 Å². The molecule has 21 heavy (non-hydrogen) atoms. The fourth-order valence-electron chi connectivity index (χ4n) is 3.06. The molecule has 1 aliphatic heterocycles. The first-order chi connectivity index (χ1) is 10.2. The molecule has 1 saturated carbocycles. The van der Waals surface area contributed by atoms with Gasteiger partial charge in [-0.25, -0.2) is 4.79 Å². The van der Waals surface area contributed by atoms with Crippen LogP contribution in [0.15, 0.2) is 30.3 Å². The van der Waals surface area contributed by atoms with E-state index >= 15 is 0 Å². The molecule has 1 saturated heterocycles. The Labute approximate surface area is 124 Å². The number of amides is 3. The van der Waals surface area contributed by atoms with Crippen molar-refractivity contribution in [1.82, 2.24) is 10.2 Å². The van der Waals surface area contributed by atoms with E-state index in [4.69, 9.17) is 0 Å². The lowest BCUT2D eigenvalue weighted by Gasteiger charge is -2.34. The maximum absolute atomic E-state index is 12.3. The molecular weight excluding hydrogens is 266 g/mol. The van der Waals surface area contributed by atoms with Gasteiger partial charge in [0, 0.05) is 24.8 Å². The summed E-state index contributed by atoms with van der Waals surface area (Å²) in [6.07, 6.45) is 4.49. The molecule has 1 aromatic carbocycles. The van der Waals surface area contributed by atoms with Crippen molar-refractivity contribution < 1.29 is 9.59 Å². The van der Waals surface area contributed by atoms with Crippen molar-refractivity contribution >= 4 is 17.6 Å². The van der Waals surface area contributed by atoms with Gasteiger partial charge >= 0.3 is 6.03 Å². The zero-order valence-electron chi connectivity index (χ0n) is 12.1. The van der Waals surface area contributed by atoms with Gasteiger partial charge in [0.15, 0.2) is 0 Å². The molecule has 0 radical (unpaired) electrons. The minimum absolute atomic E-state index is 0.0194. The molecular formula is C16H21N3O2. The summed E-state index contributed by atoms with van der Waals surface area (Å²) in [7, 11) is 0. The summed E-state index contributed by atoms with van der Waals surface area (Å²) >= 11 is 0. The molecule has 0 spiro atoms. The highest BCUT2D eigenvalue weighted by Crippen LogP contribution is 2.19. The van der Waals surface area contributed by atoms with Crippen LogP contribution in [-0.4, -0.2) is 42.5 Å². The number of carbonyl (C=O) groups excluding carboxylic acids is 2. The molecule has 1 aliphatic carbocycles. The average molecular weight is 287 g/mol. The Hall–Kier alpha value is -2.04. The minimum Gasteiger partial charge on any atom is -0.335 e. The van der Waals surface area contributed by atoms with Crippen molar-refractivity contribution in [1.29, 1.82) is 0 Å². The molecule has 0 atom stereocenters. The van der Waals surface area contributed by atoms with Gasteiger partial charge in [0.2, 0.25) is 5.91 Å². The van der Waals surface area contributed by atoms with Gasteiger partial charge in [0.25, 0.3) is 0 Å². The third-order valence-corrected chi connectivity index (χ3v) is 4.26. The van der Waals surface area contributed by atoms with E-state index in [-0.39, 0.29) is 18.5 Å². The molecule has 1 aromatic rings. The van der Waals surface area contributed by atoms with Gasteiger partial charge in [-0.1, -0.05) is 31.0 Å². The van der Waals surface area contributed by atoms with Crippen molar-refractivity contribution in [2.75, 3.05) is 24.5 Å². The Morgan fingerprint density at radius 2 is 1.81 bits per heavy atom. The first kappa shape index (κ1) is 13.9. The standard InChI is InChI=1S/C16H21N3O2/c20-15-12-18(16(21)17-13-6-4-5-7-13)10-11-19(15)14-8-2-1-3-9-14/h1-3,8-9,13H,4-7,10-12H2,(H,17,21). The maximum atomic E-state index is 12.3. The number of nitrogens with one attached hydrogen (secondary N) is 1. The van der Waals surface area contributed by atoms with Crippen LogP contribution >= 0.6 is 0 Å². The van der Waals surface area contributed by atoms with Gasteiger partial charge in [0.1, 0.15) is 6.54 Å². The van der Waals surface area contributed by atoms with Crippen LogP contribution in [0.3, 0.4) is 0 Å². The van der Waals surface area contributed by atoms with E-state index < -0.39 is 0 Å². The lowest BCUT2D eigenvalue weighted by atomic mass is 10.2. The fraction of sp³-hybridized carbons (Fsp3) is 0.500. The number of carbonyl (C=O) groups is 2. The van der Waals surface area contributed by atoms with Crippen LogP contribution in [0.5, 0.6) is 0 Å². The number of benzene rings is 1. The third-order valence-electron chi connectivity index (χ3n) is 4.26. The normalized spacial score (nSPS) is 19.9. The fourth-order valence-corrected chi connectivity index (χ4v) is 3.06. The van der Waals surface area contributed by atoms with Crippen LogP contribution in [0.4, 0.5) is 10.5 Å². The number of urea groups is 1. The number of para-hydroxylation sites is 1. The summed E-state index contributed by atoms with van der Waals surface area (Å²) in [5.74, 6) is -0.0194. The quantitative estimate of drug-likeness (QED) is 0.904. The second-order valence-electron chi connectivity index (χ2n) is 5.73. The Kier molecular flexibility index (Phi) is 4.08. The minimum atomic E-state index is -0.0945. The largest absolute Gasteiger partial charge is 0.335 e. The monoisotopic (exact) mass is 287 g/mol. The van der Waals surface area contributed by atoms with Crippen LogP contribution in [-0.2, 0) is 4.79 Å². The van der Waals surface area contributed by atoms with Crippen LogP contribution in [0, 0.1) is 0 Å². The number of hydrogen-bond acceptors (Lipinski definition) is 2. The molecule has 5 nitrogen and oxygen atoms in total. The molecule has 0 bridgehead atoms. The summed E-state index contributed by atoms with van der Waals surface area (Å²) in [6.45, 7) is 1.30. The molecule has 3 amide bonds. The second kappa shape index (κ2) is 6.16. The van der Waals surface area contributed by atoms with E-state index in [0.29, 0.717) is 19.1 Å². The van der Waals surface area contributed by atoms with E-state index in [1.165, 1.54) is 12.8 Å². The lowest BCUT2D eigenvalue weighted by molar-refractivity contribution is -0.120. The van der Waals surface area contributed by atoms with Crippen LogP contribution in [0.1, 0.15) is 25.7 Å². The number of hydrogen-bond donors (Lipinski definition) is 1. The molecule has 1 heterocycles. The molecule has 0 aromatic heterocycles. The smallest absolute Gasteiger partial charge is 0.318 e. The van der Waals surface area contributed by atoms with Gasteiger partial charge in [-0.15, -0.1) is 0 Å². The van der Waals surface area contributed by atoms with Gasteiger partial charge in [-0.05, 0) is 25.0 Å². The maximum Gasteiger partial charge on any atom is 0.318 e. The highest BCUT2D eigenvalue weighted by Gasteiger charge is 2.29. The first-order valence-electron chi connectivity index (χ1n) is 7.65. The van der Waals surface area contributed by atoms with E-state index in [1.807, 2.05) is 30.3 Å². The van der Waals surface area contributed by atoms with Gasteiger partial charge < -0.3 is 15.1 Å². The Morgan fingerprint density at radius 3 is 2.48 bits per heavy atom. The third kappa shape index (κ3) is 3.17. The van der Waals surface area contributed by atoms with E-state index in [9.17, 15) is 9.59 Å². The van der Waals surface area contributed by atoms with Crippen molar-refractivity contribution in [3.63, 3.8) is 0 Å². The van der Waals surface area contributed by atoms with Gasteiger partial charge in [0.05, 0.1) is 0 Å². The van der Waals surface area contributed by atoms with E-state index in [1.54, 1.807) is 9.80 Å². The van der Waals surface area contributed by atoms with Gasteiger partial charge in [-0.3, -0.25) is 4.79 Å². The van der Waals surface area contributed by atoms with Crippen molar-refractivity contribution in [3.8, 4) is 0 Å². The second-order valence-corrected chi connectivity index (χ2v) is 5.73. The summed E-state index contributed by atoms with van der Waals surface area (Å²) in [6, 6.07) is 9.81. The van der Waals surface area contributed by atoms with Crippen molar-refractivity contribution in [3.05, 3.63) is 30.3 Å². The highest BCUT2D eigenvalue weighted by atomic mass is 16.2. The Bertz CT molecular complexity index is 512. The topological polar surface area (TPSA) is 52.7 Å². The Morgan fingerprint density at radius 1 is 1.10 bits per heavy atom. The number of piperazine rings is 1. The van der Waals surface area contributed by atoms with Crippen LogP contribution in [0.2, 0.25) is 0 Å². The highest BCUT2D eigenvalue weighted by molar-refractivity contribution is 5.97. The van der Waals surface area contributed by atoms with E-state index in [0.717, 1.165) is 18.5 Å². The predicted molar refractivity (Wildman–Crippen MR) is 81.2 cm³/mol. The van der Waals surface area contributed by atoms with E-state index in [2.05, 4.69) is 5.32 Å². The molecule has 2 aliphatic rings. The summed E-state index contributed by atoms with van der Waals surface area (Å²) in [5.41, 5.74) is 0.901. The van der Waals surface area contributed by atoms with Crippen LogP contribution in [0.25, 0.3) is 0 Å². The number of nitrogens with zero attached hydrogens (tertiary/aromatic N) is 2. The first-order valence-corrected chi connectivity index (χ1v) is 7.65. The zero-order valence-corrected chi connectivity index (χ0v) is 12.1. The summed E-state index contributed by atoms with van der Waals surface area (Å²) in [4.78, 5) is 27.8. The summed E-state index contributed by atoms with van der Waals surface area (Å²) in [5, 5.41) is 3.04. The molecule has 0 unspecified atom stereocenters.